The Morgan fingerprint density at radius 3 is 2.84 bits per heavy atom. The number of fused-ring (bicyclic) bond motifs is 1. The van der Waals surface area contributed by atoms with Crippen LogP contribution in [0.15, 0.2) is 18.3 Å². The topological polar surface area (TPSA) is 108 Å². The second-order valence-corrected chi connectivity index (χ2v) is 8.57. The highest BCUT2D eigenvalue weighted by molar-refractivity contribution is 5.78. The van der Waals surface area contributed by atoms with Gasteiger partial charge in [-0.1, -0.05) is 0 Å². The Kier molecular flexibility index (Phi) is 6.93. The van der Waals surface area contributed by atoms with Crippen LogP contribution in [0.3, 0.4) is 0 Å². The minimum absolute atomic E-state index is 0.0637. The number of aromatic nitrogens is 2. The van der Waals surface area contributed by atoms with Gasteiger partial charge in [-0.05, 0) is 26.8 Å². The summed E-state index contributed by atoms with van der Waals surface area (Å²) in [7, 11) is 1.46. The van der Waals surface area contributed by atoms with Crippen molar-refractivity contribution < 1.29 is 28.9 Å². The first-order chi connectivity index (χ1) is 14.6. The van der Waals surface area contributed by atoms with Crippen LogP contribution < -0.4 is 4.74 Å². The number of amides is 1. The smallest absolute Gasteiger partial charge is 0.407 e. The maximum absolute atomic E-state index is 14.6. The van der Waals surface area contributed by atoms with Gasteiger partial charge in [-0.2, -0.15) is 0 Å². The molecule has 3 rings (SSSR count). The molecule has 0 radical (unpaired) electrons. The summed E-state index contributed by atoms with van der Waals surface area (Å²) in [6.07, 6.45) is -1.44. The van der Waals surface area contributed by atoms with Crippen molar-refractivity contribution in [1.29, 1.82) is 0 Å². The Balaban J connectivity index is 1.75. The van der Waals surface area contributed by atoms with Crippen molar-refractivity contribution in [2.75, 3.05) is 39.9 Å². The quantitative estimate of drug-likeness (QED) is 0.710. The first kappa shape index (κ1) is 23.1. The van der Waals surface area contributed by atoms with E-state index in [2.05, 4.69) is 9.97 Å². The van der Waals surface area contributed by atoms with Crippen LogP contribution in [0, 0.1) is 5.82 Å². The number of hydrogen-bond acceptors (Lipinski definition) is 7. The summed E-state index contributed by atoms with van der Waals surface area (Å²) >= 11 is 0. The number of carboxylic acid groups (broad SMARTS) is 1. The minimum atomic E-state index is -1.15. The average Bonchev–Trinajstić information content (AvgIpc) is 2.70. The molecule has 1 saturated heterocycles. The van der Waals surface area contributed by atoms with Crippen molar-refractivity contribution in [3.63, 3.8) is 0 Å². The molecule has 0 saturated carbocycles. The molecule has 0 bridgehead atoms. The summed E-state index contributed by atoms with van der Waals surface area (Å²) in [6, 6.07) is 3.29. The standard InChI is InChI=1S/C21H29FN4O5/c1-21(2,3)26(20(28)29)11-13-10-25(7-8-31-13)12-16(27)18-14(22)9-23-15-5-6-17(30-4)24-19(15)18/h5-6,9,13,16,27H,7-8,10-12H2,1-4H3,(H,28,29)/t13-,16?/m0/s1. The number of aliphatic hydroxyl groups excluding tert-OH is 1. The van der Waals surface area contributed by atoms with Gasteiger partial charge in [0.25, 0.3) is 0 Å². The number of morpholine rings is 1. The average molecular weight is 436 g/mol. The van der Waals surface area contributed by atoms with Crippen LogP contribution >= 0.6 is 0 Å². The molecule has 1 aliphatic heterocycles. The van der Waals surface area contributed by atoms with E-state index in [9.17, 15) is 19.4 Å². The normalized spacial score (nSPS) is 18.7. The molecule has 1 fully saturated rings. The van der Waals surface area contributed by atoms with E-state index in [1.165, 1.54) is 12.0 Å². The van der Waals surface area contributed by atoms with E-state index in [0.717, 1.165) is 6.20 Å². The van der Waals surface area contributed by atoms with E-state index >= 15 is 0 Å². The highest BCUT2D eigenvalue weighted by atomic mass is 19.1. The Hall–Kier alpha value is -2.56. The Bertz CT molecular complexity index is 936. The number of aliphatic hydroxyl groups is 1. The summed E-state index contributed by atoms with van der Waals surface area (Å²) in [5, 5.41) is 20.4. The lowest BCUT2D eigenvalue weighted by atomic mass is 10.0. The van der Waals surface area contributed by atoms with Crippen molar-refractivity contribution in [2.24, 2.45) is 0 Å². The summed E-state index contributed by atoms with van der Waals surface area (Å²) in [4.78, 5) is 23.2. The monoisotopic (exact) mass is 436 g/mol. The van der Waals surface area contributed by atoms with Crippen LogP contribution in [0.25, 0.3) is 11.0 Å². The number of ether oxygens (including phenoxy) is 2. The number of carbonyl (C=O) groups is 1. The van der Waals surface area contributed by atoms with Gasteiger partial charge in [0.2, 0.25) is 5.88 Å². The Labute approximate surface area is 180 Å². The summed E-state index contributed by atoms with van der Waals surface area (Å²) in [5.74, 6) is -0.342. The zero-order chi connectivity index (χ0) is 22.8. The second-order valence-electron chi connectivity index (χ2n) is 8.57. The van der Waals surface area contributed by atoms with Crippen molar-refractivity contribution in [3.05, 3.63) is 29.7 Å². The highest BCUT2D eigenvalue weighted by Crippen LogP contribution is 2.27. The van der Waals surface area contributed by atoms with Crippen LogP contribution in [0.1, 0.15) is 32.4 Å². The molecule has 3 heterocycles. The predicted molar refractivity (Wildman–Crippen MR) is 112 cm³/mol. The van der Waals surface area contributed by atoms with Crippen LogP contribution in [0.2, 0.25) is 0 Å². The molecule has 1 unspecified atom stereocenters. The maximum Gasteiger partial charge on any atom is 0.407 e. The lowest BCUT2D eigenvalue weighted by molar-refractivity contribution is -0.0592. The third-order valence-electron chi connectivity index (χ3n) is 5.30. The number of pyridine rings is 2. The number of halogens is 1. The molecule has 10 heteroatoms. The molecule has 1 aliphatic rings. The summed E-state index contributed by atoms with van der Waals surface area (Å²) in [5.41, 5.74) is 0.203. The molecule has 1 amide bonds. The molecular formula is C21H29FN4O5. The highest BCUT2D eigenvalue weighted by Gasteiger charge is 2.32. The van der Waals surface area contributed by atoms with E-state index in [-0.39, 0.29) is 30.3 Å². The number of rotatable bonds is 6. The molecule has 0 spiro atoms. The first-order valence-electron chi connectivity index (χ1n) is 10.1. The molecule has 2 N–H and O–H groups in total. The van der Waals surface area contributed by atoms with Gasteiger partial charge in [0.15, 0.2) is 0 Å². The number of hydrogen-bond donors (Lipinski definition) is 2. The van der Waals surface area contributed by atoms with Gasteiger partial charge in [0.1, 0.15) is 11.3 Å². The maximum atomic E-state index is 14.6. The molecule has 0 aromatic carbocycles. The van der Waals surface area contributed by atoms with Crippen molar-refractivity contribution in [2.45, 2.75) is 38.5 Å². The van der Waals surface area contributed by atoms with Gasteiger partial charge in [0.05, 0.1) is 44.2 Å². The van der Waals surface area contributed by atoms with Crippen molar-refractivity contribution in [1.82, 2.24) is 19.8 Å². The second kappa shape index (κ2) is 9.29. The van der Waals surface area contributed by atoms with E-state index in [1.807, 2.05) is 25.7 Å². The molecule has 0 aliphatic carbocycles. The third-order valence-corrected chi connectivity index (χ3v) is 5.30. The van der Waals surface area contributed by atoms with Crippen LogP contribution in [-0.4, -0.2) is 87.6 Å². The third kappa shape index (κ3) is 5.38. The molecular weight excluding hydrogens is 407 g/mol. The van der Waals surface area contributed by atoms with Gasteiger partial charge in [0, 0.05) is 36.8 Å². The molecule has 170 valence electrons. The Morgan fingerprint density at radius 1 is 1.45 bits per heavy atom. The molecule has 9 nitrogen and oxygen atoms in total. The van der Waals surface area contributed by atoms with Gasteiger partial charge < -0.3 is 24.6 Å². The van der Waals surface area contributed by atoms with E-state index in [1.54, 1.807) is 12.1 Å². The number of β-amino-alcohol motifs (C(OH)–C–C–N with tert-alkyl or cyclic N) is 1. The predicted octanol–water partition coefficient (Wildman–Crippen LogP) is 2.29. The summed E-state index contributed by atoms with van der Waals surface area (Å²) < 4.78 is 25.5. The van der Waals surface area contributed by atoms with Gasteiger partial charge in [-0.3, -0.25) is 9.88 Å². The SMILES string of the molecule is COc1ccc2ncc(F)c(C(O)CN3CCO[C@H](CN(C(=O)O)C(C)(C)C)C3)c2n1. The minimum Gasteiger partial charge on any atom is -0.481 e. The van der Waals surface area contributed by atoms with Crippen molar-refractivity contribution in [3.8, 4) is 5.88 Å². The zero-order valence-corrected chi connectivity index (χ0v) is 18.2. The van der Waals surface area contributed by atoms with Crippen LogP contribution in [0.5, 0.6) is 5.88 Å². The lowest BCUT2D eigenvalue weighted by Gasteiger charge is -2.39. The fourth-order valence-corrected chi connectivity index (χ4v) is 3.71. The fraction of sp³-hybridized carbons (Fsp3) is 0.571. The molecule has 2 aromatic heterocycles. The lowest BCUT2D eigenvalue weighted by Crippen LogP contribution is -2.54. The first-order valence-corrected chi connectivity index (χ1v) is 10.1. The van der Waals surface area contributed by atoms with E-state index in [4.69, 9.17) is 9.47 Å². The number of nitrogens with zero attached hydrogens (tertiary/aromatic N) is 4. The van der Waals surface area contributed by atoms with Crippen LogP contribution in [0.4, 0.5) is 9.18 Å². The van der Waals surface area contributed by atoms with Gasteiger partial charge in [-0.15, -0.1) is 0 Å². The fourth-order valence-electron chi connectivity index (χ4n) is 3.71. The Morgan fingerprint density at radius 2 is 2.19 bits per heavy atom. The van der Waals surface area contributed by atoms with E-state index in [0.29, 0.717) is 31.1 Å². The number of methoxy groups -OCH3 is 1. The molecule has 31 heavy (non-hydrogen) atoms. The summed E-state index contributed by atoms with van der Waals surface area (Å²) in [6.45, 7) is 7.17. The largest absolute Gasteiger partial charge is 0.481 e. The van der Waals surface area contributed by atoms with Crippen LogP contribution in [-0.2, 0) is 4.74 Å². The van der Waals surface area contributed by atoms with Crippen molar-refractivity contribution >= 4 is 17.1 Å². The molecule has 2 aromatic rings. The van der Waals surface area contributed by atoms with Gasteiger partial charge >= 0.3 is 6.09 Å². The molecule has 2 atom stereocenters. The van der Waals surface area contributed by atoms with E-state index < -0.39 is 23.6 Å². The zero-order valence-electron chi connectivity index (χ0n) is 18.2. The van der Waals surface area contributed by atoms with Gasteiger partial charge in [-0.25, -0.2) is 14.2 Å².